The number of allylic oxidation sites excluding steroid dienone is 9. The SMILES string of the molecule is CC(=C/c1c(-c2ccccc2)cc(C2=CC=CC=CC2)n1B(F)F)/N=C(\C=C(/C)c1ccccc1)c1ccccc1. The summed E-state index contributed by atoms with van der Waals surface area (Å²) in [6.45, 7) is 3.92. The van der Waals surface area contributed by atoms with E-state index < -0.39 is 7.40 Å². The third-order valence-corrected chi connectivity index (χ3v) is 6.97. The van der Waals surface area contributed by atoms with E-state index in [4.69, 9.17) is 4.99 Å². The number of nitrogens with zero attached hydrogens (tertiary/aromatic N) is 2. The van der Waals surface area contributed by atoms with Crippen molar-refractivity contribution in [1.82, 2.24) is 4.48 Å². The predicted octanol–water partition coefficient (Wildman–Crippen LogP) is 9.78. The molecule has 0 radical (unpaired) electrons. The molecule has 0 amide bonds. The maximum atomic E-state index is 14.8. The van der Waals surface area contributed by atoms with Gasteiger partial charge >= 0.3 is 7.40 Å². The molecule has 1 aliphatic carbocycles. The van der Waals surface area contributed by atoms with Gasteiger partial charge in [-0.05, 0) is 60.8 Å². The van der Waals surface area contributed by atoms with E-state index in [0.29, 0.717) is 23.5 Å². The maximum absolute atomic E-state index is 14.8. The van der Waals surface area contributed by atoms with Gasteiger partial charge in [0.15, 0.2) is 0 Å². The minimum Gasteiger partial charge on any atom is -0.325 e. The molecule has 1 aliphatic rings. The minimum absolute atomic E-state index is 0.428. The largest absolute Gasteiger partial charge is 0.678 e. The lowest BCUT2D eigenvalue weighted by molar-refractivity contribution is 0.627. The Bertz CT molecular complexity index is 1670. The molecular formula is C36H31BF2N2. The van der Waals surface area contributed by atoms with Crippen molar-refractivity contribution in [3.8, 4) is 11.1 Å². The van der Waals surface area contributed by atoms with Gasteiger partial charge < -0.3 is 4.48 Å². The fourth-order valence-corrected chi connectivity index (χ4v) is 4.96. The maximum Gasteiger partial charge on any atom is 0.678 e. The summed E-state index contributed by atoms with van der Waals surface area (Å²) in [6, 6.07) is 31.6. The van der Waals surface area contributed by atoms with Gasteiger partial charge in [-0.2, -0.15) is 0 Å². The molecular weight excluding hydrogens is 509 g/mol. The summed E-state index contributed by atoms with van der Waals surface area (Å²) in [5.41, 5.74) is 7.87. The normalized spacial score (nSPS) is 14.1. The Labute approximate surface area is 241 Å². The zero-order valence-corrected chi connectivity index (χ0v) is 23.2. The molecule has 0 bridgehead atoms. The monoisotopic (exact) mass is 540 g/mol. The second-order valence-corrected chi connectivity index (χ2v) is 9.89. The average Bonchev–Trinajstić information content (AvgIpc) is 3.16. The van der Waals surface area contributed by atoms with E-state index in [0.717, 1.165) is 43.6 Å². The van der Waals surface area contributed by atoms with Crippen molar-refractivity contribution in [2.45, 2.75) is 20.3 Å². The van der Waals surface area contributed by atoms with Crippen LogP contribution in [-0.4, -0.2) is 17.6 Å². The summed E-state index contributed by atoms with van der Waals surface area (Å²) in [4.78, 5) is 4.99. The van der Waals surface area contributed by atoms with Crippen molar-refractivity contribution in [3.63, 3.8) is 0 Å². The van der Waals surface area contributed by atoms with Crippen LogP contribution >= 0.6 is 0 Å². The van der Waals surface area contributed by atoms with Gasteiger partial charge in [0, 0.05) is 28.2 Å². The van der Waals surface area contributed by atoms with Gasteiger partial charge in [0.25, 0.3) is 0 Å². The molecule has 202 valence electrons. The first-order chi connectivity index (χ1) is 20.0. The molecule has 5 rings (SSSR count). The zero-order chi connectivity index (χ0) is 28.6. The van der Waals surface area contributed by atoms with Crippen LogP contribution < -0.4 is 0 Å². The Hall–Kier alpha value is -4.77. The molecule has 0 N–H and O–H groups in total. The minimum atomic E-state index is -2.73. The number of halogens is 2. The van der Waals surface area contributed by atoms with Crippen LogP contribution in [0.1, 0.15) is 42.8 Å². The highest BCUT2D eigenvalue weighted by molar-refractivity contribution is 6.42. The number of benzene rings is 3. The van der Waals surface area contributed by atoms with E-state index in [9.17, 15) is 8.63 Å². The van der Waals surface area contributed by atoms with Crippen LogP contribution in [0.5, 0.6) is 0 Å². The Morgan fingerprint density at radius 1 is 0.805 bits per heavy atom. The molecule has 1 aromatic heterocycles. The Morgan fingerprint density at radius 2 is 1.44 bits per heavy atom. The van der Waals surface area contributed by atoms with E-state index in [1.807, 2.05) is 128 Å². The van der Waals surface area contributed by atoms with Crippen molar-refractivity contribution >= 4 is 30.3 Å². The van der Waals surface area contributed by atoms with Crippen molar-refractivity contribution in [2.75, 3.05) is 0 Å². The summed E-state index contributed by atoms with van der Waals surface area (Å²) >= 11 is 0. The molecule has 0 saturated carbocycles. The first-order valence-corrected chi connectivity index (χ1v) is 13.7. The summed E-state index contributed by atoms with van der Waals surface area (Å²) in [7, 11) is -2.73. The van der Waals surface area contributed by atoms with Crippen molar-refractivity contribution < 1.29 is 8.63 Å². The fourth-order valence-electron chi connectivity index (χ4n) is 4.96. The second-order valence-electron chi connectivity index (χ2n) is 9.89. The standard InChI is InChI=1S/C36H31BF2N2/c1-27(29-16-10-5-11-17-29)24-34(31-20-14-7-15-21-31)40-28(2)25-36-33(30-18-12-6-13-19-30)26-35(41(36)37(38)39)32-22-8-3-4-9-23-32/h3-22,24-26H,23H2,1-2H3/b27-24+,28-25-,40-34+. The Balaban J connectivity index is 1.68. The van der Waals surface area contributed by atoms with E-state index in [2.05, 4.69) is 19.1 Å². The van der Waals surface area contributed by atoms with E-state index in [1.54, 1.807) is 6.08 Å². The Kier molecular flexibility index (Phi) is 8.85. The molecule has 0 aliphatic heterocycles. The molecule has 0 spiro atoms. The smallest absolute Gasteiger partial charge is 0.325 e. The molecule has 5 heteroatoms. The summed E-state index contributed by atoms with van der Waals surface area (Å²) in [5.74, 6) is 0. The molecule has 2 nitrogen and oxygen atoms in total. The van der Waals surface area contributed by atoms with Crippen molar-refractivity contribution in [3.05, 3.63) is 162 Å². The molecule has 0 unspecified atom stereocenters. The van der Waals surface area contributed by atoms with Crippen LogP contribution in [0.4, 0.5) is 8.63 Å². The molecule has 41 heavy (non-hydrogen) atoms. The van der Waals surface area contributed by atoms with Gasteiger partial charge in [-0.3, -0.25) is 13.6 Å². The van der Waals surface area contributed by atoms with E-state index in [-0.39, 0.29) is 0 Å². The zero-order valence-electron chi connectivity index (χ0n) is 23.2. The quantitative estimate of drug-likeness (QED) is 0.156. The number of hydrogen-bond acceptors (Lipinski definition) is 1. The Morgan fingerprint density at radius 3 is 2.10 bits per heavy atom. The van der Waals surface area contributed by atoms with Gasteiger partial charge in [0.2, 0.25) is 0 Å². The molecule has 0 atom stereocenters. The lowest BCUT2D eigenvalue weighted by atomic mass is 10.0. The first-order valence-electron chi connectivity index (χ1n) is 13.7. The van der Waals surface area contributed by atoms with Gasteiger partial charge in [-0.15, -0.1) is 0 Å². The highest BCUT2D eigenvalue weighted by atomic mass is 19.2. The lowest BCUT2D eigenvalue weighted by Crippen LogP contribution is -2.17. The predicted molar refractivity (Wildman–Crippen MR) is 171 cm³/mol. The fraction of sp³-hybridized carbons (Fsp3) is 0.0833. The highest BCUT2D eigenvalue weighted by Gasteiger charge is 2.28. The number of hydrogen-bond donors (Lipinski definition) is 0. The summed E-state index contributed by atoms with van der Waals surface area (Å²) in [6.07, 6.45) is 14.0. The lowest BCUT2D eigenvalue weighted by Gasteiger charge is -2.12. The summed E-state index contributed by atoms with van der Waals surface area (Å²) < 4.78 is 30.8. The van der Waals surface area contributed by atoms with Crippen LogP contribution in [0.25, 0.3) is 28.3 Å². The molecule has 4 aromatic rings. The topological polar surface area (TPSA) is 17.3 Å². The van der Waals surface area contributed by atoms with Gasteiger partial charge in [-0.25, -0.2) is 0 Å². The molecule has 0 fully saturated rings. The van der Waals surface area contributed by atoms with E-state index >= 15 is 0 Å². The van der Waals surface area contributed by atoms with Crippen LogP contribution in [0.3, 0.4) is 0 Å². The molecule has 3 aromatic carbocycles. The van der Waals surface area contributed by atoms with Crippen molar-refractivity contribution in [2.24, 2.45) is 4.99 Å². The van der Waals surface area contributed by atoms with E-state index in [1.165, 1.54) is 0 Å². The van der Waals surface area contributed by atoms with Crippen LogP contribution in [-0.2, 0) is 0 Å². The van der Waals surface area contributed by atoms with Crippen LogP contribution in [0.2, 0.25) is 0 Å². The second kappa shape index (κ2) is 13.1. The van der Waals surface area contributed by atoms with Gasteiger partial charge in [0.1, 0.15) is 0 Å². The number of rotatable bonds is 8. The third kappa shape index (κ3) is 6.70. The number of aliphatic imine (C=N–C) groups is 1. The highest BCUT2D eigenvalue weighted by Crippen LogP contribution is 2.35. The van der Waals surface area contributed by atoms with Crippen molar-refractivity contribution in [1.29, 1.82) is 0 Å². The van der Waals surface area contributed by atoms with Crippen LogP contribution in [0.15, 0.2) is 144 Å². The van der Waals surface area contributed by atoms with Gasteiger partial charge in [0.05, 0.1) is 5.71 Å². The third-order valence-electron chi connectivity index (χ3n) is 6.97. The summed E-state index contributed by atoms with van der Waals surface area (Å²) in [5, 5.41) is 0. The van der Waals surface area contributed by atoms with Gasteiger partial charge in [-0.1, -0.05) is 121 Å². The first kappa shape index (κ1) is 27.8. The number of aromatic nitrogens is 1. The molecule has 0 saturated heterocycles. The molecule has 1 heterocycles. The average molecular weight is 540 g/mol. The van der Waals surface area contributed by atoms with Crippen LogP contribution in [0, 0.1) is 0 Å².